The molecule has 19 heavy (non-hydrogen) atoms. The molecule has 0 aromatic heterocycles. The largest absolute Gasteiger partial charge is 0.481 e. The van der Waals surface area contributed by atoms with Crippen LogP contribution in [0.4, 0.5) is 4.79 Å². The van der Waals surface area contributed by atoms with Crippen molar-refractivity contribution in [3.63, 3.8) is 0 Å². The van der Waals surface area contributed by atoms with Crippen molar-refractivity contribution in [2.24, 2.45) is 0 Å². The average molecular weight is 288 g/mol. The summed E-state index contributed by atoms with van der Waals surface area (Å²) < 4.78 is 5.47. The van der Waals surface area contributed by atoms with Crippen molar-refractivity contribution in [2.45, 2.75) is 30.1 Å². The Bertz CT molecular complexity index is 360. The Morgan fingerprint density at radius 2 is 2.26 bits per heavy atom. The number of ether oxygens (including phenoxy) is 1. The Morgan fingerprint density at radius 1 is 1.53 bits per heavy atom. The summed E-state index contributed by atoms with van der Waals surface area (Å²) in [5, 5.41) is 11.8. The van der Waals surface area contributed by atoms with E-state index in [-0.39, 0.29) is 23.2 Å². The average Bonchev–Trinajstić information content (AvgIpc) is 3.17. The molecule has 1 aliphatic heterocycles. The number of hydrogen-bond donors (Lipinski definition) is 2. The normalized spacial score (nSPS) is 24.9. The molecule has 108 valence electrons. The third-order valence-electron chi connectivity index (χ3n) is 3.70. The first-order valence-corrected chi connectivity index (χ1v) is 7.68. The number of aliphatic carboxylic acids is 1. The van der Waals surface area contributed by atoms with Gasteiger partial charge in [0.1, 0.15) is 0 Å². The summed E-state index contributed by atoms with van der Waals surface area (Å²) in [6.45, 7) is 1.88. The van der Waals surface area contributed by atoms with Gasteiger partial charge in [-0.2, -0.15) is 11.8 Å². The van der Waals surface area contributed by atoms with E-state index in [9.17, 15) is 9.59 Å². The topological polar surface area (TPSA) is 78.9 Å². The number of thioether (sulfide) groups is 1. The monoisotopic (exact) mass is 288 g/mol. The lowest BCUT2D eigenvalue weighted by molar-refractivity contribution is -0.139. The lowest BCUT2D eigenvalue weighted by Gasteiger charge is -2.35. The van der Waals surface area contributed by atoms with Crippen LogP contribution >= 0.6 is 11.8 Å². The Kier molecular flexibility index (Phi) is 4.57. The number of hydrogen-bond acceptors (Lipinski definition) is 4. The highest BCUT2D eigenvalue weighted by Gasteiger charge is 2.42. The third-order valence-corrected chi connectivity index (χ3v) is 5.12. The molecule has 2 fully saturated rings. The number of carbonyl (C=O) groups excluding carboxylic acids is 1. The molecule has 1 atom stereocenters. The number of amides is 2. The second kappa shape index (κ2) is 6.00. The van der Waals surface area contributed by atoms with Gasteiger partial charge in [0, 0.05) is 17.8 Å². The fraction of sp³-hybridized carbons (Fsp3) is 0.833. The van der Waals surface area contributed by atoms with Crippen molar-refractivity contribution in [1.29, 1.82) is 0 Å². The number of urea groups is 1. The van der Waals surface area contributed by atoms with E-state index in [2.05, 4.69) is 11.6 Å². The minimum atomic E-state index is -0.906. The van der Waals surface area contributed by atoms with Crippen LogP contribution in [0.5, 0.6) is 0 Å². The highest BCUT2D eigenvalue weighted by atomic mass is 32.2. The second-order valence-corrected chi connectivity index (χ2v) is 6.34. The highest BCUT2D eigenvalue weighted by Crippen LogP contribution is 2.46. The van der Waals surface area contributed by atoms with Gasteiger partial charge in [0.25, 0.3) is 0 Å². The predicted molar refractivity (Wildman–Crippen MR) is 72.4 cm³/mol. The molecule has 0 radical (unpaired) electrons. The number of nitrogens with zero attached hydrogens (tertiary/aromatic N) is 1. The van der Waals surface area contributed by atoms with Gasteiger partial charge in [0.15, 0.2) is 0 Å². The molecular weight excluding hydrogens is 268 g/mol. The third kappa shape index (κ3) is 3.76. The lowest BCUT2D eigenvalue weighted by Crippen LogP contribution is -2.54. The van der Waals surface area contributed by atoms with Crippen LogP contribution in [-0.2, 0) is 9.53 Å². The van der Waals surface area contributed by atoms with Crippen LogP contribution in [0.15, 0.2) is 0 Å². The maximum atomic E-state index is 12.1. The van der Waals surface area contributed by atoms with E-state index in [4.69, 9.17) is 9.84 Å². The SMILES string of the molecule is CSC1(CNC(=O)N2CCOCC2CC(=O)O)CC1. The molecular formula is C12H20N2O4S. The van der Waals surface area contributed by atoms with Gasteiger partial charge in [-0.15, -0.1) is 0 Å². The molecule has 6 nitrogen and oxygen atoms in total. The zero-order chi connectivity index (χ0) is 13.9. The molecule has 7 heteroatoms. The first kappa shape index (κ1) is 14.5. The van der Waals surface area contributed by atoms with Gasteiger partial charge >= 0.3 is 12.0 Å². The quantitative estimate of drug-likeness (QED) is 0.781. The molecule has 1 unspecified atom stereocenters. The Hall–Kier alpha value is -0.950. The molecule has 1 saturated heterocycles. The van der Waals surface area contributed by atoms with Crippen LogP contribution in [0.25, 0.3) is 0 Å². The lowest BCUT2D eigenvalue weighted by atomic mass is 10.1. The first-order chi connectivity index (χ1) is 9.06. The summed E-state index contributed by atoms with van der Waals surface area (Å²) in [4.78, 5) is 24.5. The van der Waals surface area contributed by atoms with E-state index < -0.39 is 5.97 Å². The number of nitrogens with one attached hydrogen (secondary N) is 1. The fourth-order valence-electron chi connectivity index (χ4n) is 2.22. The number of morpholine rings is 1. The molecule has 0 bridgehead atoms. The summed E-state index contributed by atoms with van der Waals surface area (Å²) in [7, 11) is 0. The van der Waals surface area contributed by atoms with Gasteiger partial charge in [-0.05, 0) is 19.1 Å². The Labute approximate surface area is 116 Å². The van der Waals surface area contributed by atoms with E-state index in [1.54, 1.807) is 16.7 Å². The fourth-order valence-corrected chi connectivity index (χ4v) is 2.95. The summed E-state index contributed by atoms with van der Waals surface area (Å²) in [6, 6.07) is -0.537. The van der Waals surface area contributed by atoms with E-state index in [1.165, 1.54) is 0 Å². The maximum Gasteiger partial charge on any atom is 0.317 e. The van der Waals surface area contributed by atoms with Crippen molar-refractivity contribution in [2.75, 3.05) is 32.6 Å². The van der Waals surface area contributed by atoms with E-state index >= 15 is 0 Å². The van der Waals surface area contributed by atoms with Crippen molar-refractivity contribution >= 4 is 23.8 Å². The van der Waals surface area contributed by atoms with Gasteiger partial charge in [-0.1, -0.05) is 0 Å². The molecule has 0 spiro atoms. The van der Waals surface area contributed by atoms with Crippen molar-refractivity contribution in [1.82, 2.24) is 10.2 Å². The van der Waals surface area contributed by atoms with Crippen LogP contribution < -0.4 is 5.32 Å². The number of carbonyl (C=O) groups is 2. The molecule has 2 amide bonds. The van der Waals surface area contributed by atoms with E-state index in [0.29, 0.717) is 26.3 Å². The summed E-state index contributed by atoms with van der Waals surface area (Å²) in [5.74, 6) is -0.906. The molecule has 1 saturated carbocycles. The molecule has 0 aromatic carbocycles. The Morgan fingerprint density at radius 3 is 2.84 bits per heavy atom. The van der Waals surface area contributed by atoms with Crippen molar-refractivity contribution < 1.29 is 19.4 Å². The van der Waals surface area contributed by atoms with Crippen LogP contribution in [0, 0.1) is 0 Å². The number of carboxylic acids is 1. The number of rotatable bonds is 5. The minimum Gasteiger partial charge on any atom is -0.481 e. The summed E-state index contributed by atoms with van der Waals surface area (Å²) in [5.41, 5.74) is 0. The van der Waals surface area contributed by atoms with Gasteiger partial charge < -0.3 is 20.1 Å². The van der Waals surface area contributed by atoms with Gasteiger partial charge in [0.2, 0.25) is 0 Å². The molecule has 1 aliphatic carbocycles. The summed E-state index contributed by atoms with van der Waals surface area (Å²) >= 11 is 1.79. The minimum absolute atomic E-state index is 0.0684. The van der Waals surface area contributed by atoms with Crippen LogP contribution in [0.2, 0.25) is 0 Å². The Balaban J connectivity index is 1.86. The van der Waals surface area contributed by atoms with Crippen LogP contribution in [0.1, 0.15) is 19.3 Å². The highest BCUT2D eigenvalue weighted by molar-refractivity contribution is 8.00. The van der Waals surface area contributed by atoms with E-state index in [1.807, 2.05) is 0 Å². The van der Waals surface area contributed by atoms with Crippen LogP contribution in [0.3, 0.4) is 0 Å². The second-order valence-electron chi connectivity index (χ2n) is 5.07. The van der Waals surface area contributed by atoms with Gasteiger partial charge in [-0.25, -0.2) is 4.79 Å². The molecule has 2 N–H and O–H groups in total. The zero-order valence-electron chi connectivity index (χ0n) is 11.1. The first-order valence-electron chi connectivity index (χ1n) is 6.45. The molecule has 0 aromatic rings. The predicted octanol–water partition coefficient (Wildman–Crippen LogP) is 0.767. The molecule has 1 heterocycles. The van der Waals surface area contributed by atoms with Gasteiger partial charge in [0.05, 0.1) is 25.7 Å². The smallest absolute Gasteiger partial charge is 0.317 e. The van der Waals surface area contributed by atoms with E-state index in [0.717, 1.165) is 12.8 Å². The van der Waals surface area contributed by atoms with Crippen molar-refractivity contribution in [3.05, 3.63) is 0 Å². The molecule has 2 aliphatic rings. The van der Waals surface area contributed by atoms with Gasteiger partial charge in [-0.3, -0.25) is 4.79 Å². The zero-order valence-corrected chi connectivity index (χ0v) is 11.9. The molecule has 2 rings (SSSR count). The summed E-state index contributed by atoms with van der Waals surface area (Å²) in [6.07, 6.45) is 4.26. The standard InChI is InChI=1S/C12H20N2O4S/c1-19-12(2-3-12)8-13-11(17)14-4-5-18-7-9(14)6-10(15)16/h9H,2-8H2,1H3,(H,13,17)(H,15,16). The maximum absolute atomic E-state index is 12.1. The van der Waals surface area contributed by atoms with Crippen molar-refractivity contribution in [3.8, 4) is 0 Å². The number of carboxylic acid groups (broad SMARTS) is 1. The van der Waals surface area contributed by atoms with Crippen LogP contribution in [-0.4, -0.2) is 65.4 Å².